The van der Waals surface area contributed by atoms with Crippen LogP contribution in [0.25, 0.3) is 11.1 Å². The normalized spacial score (nSPS) is 16.2. The molecule has 2 aromatic carbocycles. The number of amides is 2. The molecule has 1 aliphatic rings. The lowest BCUT2D eigenvalue weighted by Crippen LogP contribution is -2.27. The van der Waals surface area contributed by atoms with Crippen LogP contribution in [0.3, 0.4) is 0 Å². The van der Waals surface area contributed by atoms with Crippen molar-refractivity contribution < 1.29 is 36.7 Å². The van der Waals surface area contributed by atoms with Gasteiger partial charge in [-0.05, 0) is 47.7 Å². The molecule has 3 rings (SSSR count). The van der Waals surface area contributed by atoms with Crippen LogP contribution < -0.4 is 30.3 Å². The lowest BCUT2D eigenvalue weighted by molar-refractivity contribution is -0.119. The second-order valence-corrected chi connectivity index (χ2v) is 7.25. The summed E-state index contributed by atoms with van der Waals surface area (Å²) in [6, 6.07) is 4.47. The highest BCUT2D eigenvalue weighted by Gasteiger charge is 2.30. The van der Waals surface area contributed by atoms with E-state index in [2.05, 4.69) is 15.4 Å². The highest BCUT2D eigenvalue weighted by molar-refractivity contribution is 5.94. The summed E-state index contributed by atoms with van der Waals surface area (Å²) >= 11 is 0. The minimum absolute atomic E-state index is 0.177. The van der Waals surface area contributed by atoms with Gasteiger partial charge in [-0.25, -0.2) is 0 Å². The first kappa shape index (κ1) is 20.0. The molecule has 2 aromatic rings. The largest absolute Gasteiger partial charge is 0.492 e. The van der Waals surface area contributed by atoms with Gasteiger partial charge in [0.15, 0.2) is 16.9 Å². The van der Waals surface area contributed by atoms with Gasteiger partial charge in [-0.15, -0.1) is 0 Å². The van der Waals surface area contributed by atoms with Crippen LogP contribution in [-0.2, 0) is 11.2 Å². The number of benzene rings is 1. The number of methoxy groups -OCH3 is 2. The molecule has 0 radical (unpaired) electrons. The van der Waals surface area contributed by atoms with Gasteiger partial charge in [0.2, 0.25) is 11.7 Å². The van der Waals surface area contributed by atoms with Gasteiger partial charge in [0.25, 0.3) is 5.91 Å². The zero-order chi connectivity index (χ0) is 26.8. The highest BCUT2D eigenvalue weighted by Crippen LogP contribution is 2.50. The molecule has 0 heterocycles. The number of rotatable bonds is 6. The highest BCUT2D eigenvalue weighted by atomic mass is 19.3. The molecule has 1 atom stereocenters. The maximum absolute atomic E-state index is 13.2. The van der Waals surface area contributed by atoms with Crippen LogP contribution in [0.4, 0.5) is 8.78 Å². The molecule has 176 valence electrons. The van der Waals surface area contributed by atoms with E-state index in [-0.39, 0.29) is 35.6 Å². The Morgan fingerprint density at radius 2 is 1.97 bits per heavy atom. The first-order valence-corrected chi connectivity index (χ1v) is 9.91. The van der Waals surface area contributed by atoms with E-state index in [9.17, 15) is 23.2 Å². The third-order valence-corrected chi connectivity index (χ3v) is 5.28. The predicted molar refractivity (Wildman–Crippen MR) is 116 cm³/mol. The minimum Gasteiger partial charge on any atom is -0.492 e. The van der Waals surface area contributed by atoms with Gasteiger partial charge in [0, 0.05) is 19.5 Å². The number of carbonyl (C=O) groups is 2. The van der Waals surface area contributed by atoms with Crippen LogP contribution in [0, 0.1) is 0 Å². The zero-order valence-electron chi connectivity index (χ0n) is 21.1. The Hall–Kier alpha value is -3.69. The molecule has 0 saturated heterocycles. The van der Waals surface area contributed by atoms with Crippen molar-refractivity contribution in [3.8, 4) is 28.4 Å². The smallest absolute Gasteiger partial charge is 0.387 e. The number of nitrogens with one attached hydrogen (secondary N) is 2. The van der Waals surface area contributed by atoms with Crippen molar-refractivity contribution in [3.63, 3.8) is 0 Å². The van der Waals surface area contributed by atoms with E-state index in [1.54, 1.807) is 0 Å². The molecule has 8 nitrogen and oxygen atoms in total. The SMILES string of the molecule is [2H]C([2H])([2H])Oc1c(OC(F)F)cc2c(c1OC)-c1ccc(C(=O)NC)c(=O)cc1C(NC(C)=O)CC2. The van der Waals surface area contributed by atoms with Crippen molar-refractivity contribution in [1.82, 2.24) is 10.6 Å². The maximum Gasteiger partial charge on any atom is 0.387 e. The molecule has 0 spiro atoms. The zero-order valence-corrected chi connectivity index (χ0v) is 18.1. The summed E-state index contributed by atoms with van der Waals surface area (Å²) in [5.41, 5.74) is 0.498. The van der Waals surface area contributed by atoms with Gasteiger partial charge in [0.1, 0.15) is 0 Å². The van der Waals surface area contributed by atoms with Crippen molar-refractivity contribution >= 4 is 11.8 Å². The van der Waals surface area contributed by atoms with Gasteiger partial charge in [-0.1, -0.05) is 6.07 Å². The van der Waals surface area contributed by atoms with Crippen molar-refractivity contribution in [1.29, 1.82) is 0 Å². The van der Waals surface area contributed by atoms with Gasteiger partial charge in [-0.2, -0.15) is 8.78 Å². The molecular formula is C23H24F2N2O6. The monoisotopic (exact) mass is 465 g/mol. The van der Waals surface area contributed by atoms with Crippen molar-refractivity contribution in [2.75, 3.05) is 21.2 Å². The number of ether oxygens (including phenoxy) is 3. The average molecular weight is 465 g/mol. The fourth-order valence-electron chi connectivity index (χ4n) is 3.97. The quantitative estimate of drug-likeness (QED) is 0.680. The predicted octanol–water partition coefficient (Wildman–Crippen LogP) is 2.82. The summed E-state index contributed by atoms with van der Waals surface area (Å²) in [7, 11) is -0.479. The summed E-state index contributed by atoms with van der Waals surface area (Å²) in [5, 5.41) is 5.14. The fraction of sp³-hybridized carbons (Fsp3) is 0.348. The van der Waals surface area contributed by atoms with E-state index < -0.39 is 42.5 Å². The third-order valence-electron chi connectivity index (χ3n) is 5.28. The molecule has 0 fully saturated rings. The second kappa shape index (κ2) is 9.85. The number of aryl methyl sites for hydroxylation is 1. The maximum atomic E-state index is 13.2. The Morgan fingerprint density at radius 3 is 2.58 bits per heavy atom. The van der Waals surface area contributed by atoms with E-state index in [1.807, 2.05) is 0 Å². The Bertz CT molecular complexity index is 1250. The number of halogens is 2. The van der Waals surface area contributed by atoms with E-state index >= 15 is 0 Å². The van der Waals surface area contributed by atoms with Crippen LogP contribution in [-0.4, -0.2) is 39.6 Å². The molecule has 33 heavy (non-hydrogen) atoms. The van der Waals surface area contributed by atoms with Crippen LogP contribution in [0.1, 0.15) is 45.0 Å². The first-order chi connectivity index (χ1) is 16.9. The Morgan fingerprint density at radius 1 is 1.21 bits per heavy atom. The number of hydrogen-bond acceptors (Lipinski definition) is 6. The van der Waals surface area contributed by atoms with Crippen molar-refractivity contribution in [3.05, 3.63) is 51.2 Å². The summed E-state index contributed by atoms with van der Waals surface area (Å²) in [6.07, 6.45) is 0.453. The molecular weight excluding hydrogens is 438 g/mol. The number of hydrogen-bond donors (Lipinski definition) is 2. The molecule has 2 amide bonds. The fourth-order valence-corrected chi connectivity index (χ4v) is 3.97. The molecule has 0 saturated carbocycles. The van der Waals surface area contributed by atoms with Gasteiger partial charge < -0.3 is 24.8 Å². The van der Waals surface area contributed by atoms with E-state index in [4.69, 9.17) is 13.6 Å². The van der Waals surface area contributed by atoms with Crippen LogP contribution in [0.5, 0.6) is 17.2 Å². The van der Waals surface area contributed by atoms with Crippen LogP contribution in [0.2, 0.25) is 0 Å². The van der Waals surface area contributed by atoms with E-state index in [0.717, 1.165) is 0 Å². The molecule has 1 aliphatic carbocycles. The topological polar surface area (TPSA) is 103 Å². The summed E-state index contributed by atoms with van der Waals surface area (Å²) in [6.45, 7) is -1.99. The Labute approximate surface area is 193 Å². The van der Waals surface area contributed by atoms with Gasteiger partial charge >= 0.3 is 6.61 Å². The summed E-state index contributed by atoms with van der Waals surface area (Å²) in [4.78, 5) is 37.1. The third kappa shape index (κ3) is 4.74. The lowest BCUT2D eigenvalue weighted by atomic mass is 9.95. The molecule has 0 aromatic heterocycles. The van der Waals surface area contributed by atoms with Crippen molar-refractivity contribution in [2.24, 2.45) is 0 Å². The summed E-state index contributed by atoms with van der Waals surface area (Å²) < 4.78 is 63.9. The minimum atomic E-state index is -3.28. The molecule has 0 aliphatic heterocycles. The number of fused-ring (bicyclic) bond motifs is 3. The van der Waals surface area contributed by atoms with E-state index in [1.165, 1.54) is 45.3 Å². The lowest BCUT2D eigenvalue weighted by Gasteiger charge is -2.20. The molecule has 1 unspecified atom stereocenters. The van der Waals surface area contributed by atoms with Crippen LogP contribution in [0.15, 0.2) is 29.1 Å². The standard InChI is InChI=1S/C23H24F2N2O6/c1-11(28)27-16-8-5-12-9-18(33-23(24)25)20(31-3)21(32-4)19(12)13-6-7-14(22(30)26-2)17(29)10-15(13)16/h6-7,9-10,16,23H,5,8H2,1-4H3,(H,26,30)(H,27,28)/i3D3. The first-order valence-electron chi connectivity index (χ1n) is 11.4. The van der Waals surface area contributed by atoms with Gasteiger partial charge in [0.05, 0.1) is 29.9 Å². The second-order valence-electron chi connectivity index (χ2n) is 7.25. The summed E-state index contributed by atoms with van der Waals surface area (Å²) in [5.74, 6) is -2.37. The Kier molecular flexibility index (Phi) is 5.95. The van der Waals surface area contributed by atoms with E-state index in [0.29, 0.717) is 16.7 Å². The van der Waals surface area contributed by atoms with Crippen molar-refractivity contribution in [2.45, 2.75) is 32.4 Å². The average Bonchev–Trinajstić information content (AvgIpc) is 3.01. The van der Waals surface area contributed by atoms with Crippen LogP contribution >= 0.6 is 0 Å². The molecule has 10 heteroatoms. The van der Waals surface area contributed by atoms with Gasteiger partial charge in [-0.3, -0.25) is 14.4 Å². The molecule has 2 N–H and O–H groups in total. The molecule has 0 bridgehead atoms. The number of alkyl halides is 2. The Balaban J connectivity index is 2.44. The number of carbonyl (C=O) groups excluding carboxylic acids is 2.